The minimum atomic E-state index is 0.896. The highest BCUT2D eigenvalue weighted by Gasteiger charge is 1.82. The van der Waals surface area contributed by atoms with Gasteiger partial charge in [-0.1, -0.05) is 56.7 Å². The summed E-state index contributed by atoms with van der Waals surface area (Å²) in [7, 11) is 0. The summed E-state index contributed by atoms with van der Waals surface area (Å²) in [5.41, 5.74) is 0. The van der Waals surface area contributed by atoms with Gasteiger partial charge >= 0.3 is 0 Å². The van der Waals surface area contributed by atoms with Gasteiger partial charge in [-0.25, -0.2) is 0 Å². The highest BCUT2D eigenvalue weighted by molar-refractivity contribution is 4.88. The minimum absolute atomic E-state index is 0.896. The van der Waals surface area contributed by atoms with Gasteiger partial charge in [-0.3, -0.25) is 0 Å². The summed E-state index contributed by atoms with van der Waals surface area (Å²) in [5, 5.41) is 0. The molecule has 0 unspecified atom stereocenters. The van der Waals surface area contributed by atoms with E-state index in [0.29, 0.717) is 0 Å². The van der Waals surface area contributed by atoms with Crippen LogP contribution in [0.3, 0.4) is 0 Å². The van der Waals surface area contributed by atoms with Crippen LogP contribution < -0.4 is 0 Å². The number of allylic oxidation sites excluding steroid dienone is 5. The van der Waals surface area contributed by atoms with E-state index in [1.165, 1.54) is 44.9 Å². The summed E-state index contributed by atoms with van der Waals surface area (Å²) in [5.74, 6) is 0. The summed E-state index contributed by atoms with van der Waals surface area (Å²) in [4.78, 5) is 0. The Labute approximate surface area is 95.8 Å². The van der Waals surface area contributed by atoms with Crippen LogP contribution in [0.4, 0.5) is 0 Å². The molecule has 0 nitrogen and oxygen atoms in total. The summed E-state index contributed by atoms with van der Waals surface area (Å²) < 4.78 is 0. The molecule has 0 fully saturated rings. The Hall–Kier alpha value is -0.780. The van der Waals surface area contributed by atoms with Gasteiger partial charge in [0.15, 0.2) is 0 Å². The van der Waals surface area contributed by atoms with Gasteiger partial charge in [-0.15, -0.1) is 0 Å². The number of hydrogen-bond donors (Lipinski definition) is 0. The van der Waals surface area contributed by atoms with Gasteiger partial charge in [-0.05, 0) is 38.5 Å². The topological polar surface area (TPSA) is 0 Å². The molecule has 0 bridgehead atoms. The second-order valence-electron chi connectivity index (χ2n) is 3.84. The Balaban J connectivity index is 3.12. The first-order chi connectivity index (χ1) is 7.41. The predicted molar refractivity (Wildman–Crippen MR) is 69.8 cm³/mol. The van der Waals surface area contributed by atoms with Crippen molar-refractivity contribution in [1.82, 2.24) is 0 Å². The highest BCUT2D eigenvalue weighted by Crippen LogP contribution is 2.03. The van der Waals surface area contributed by atoms with Crippen molar-refractivity contribution in [3.63, 3.8) is 0 Å². The van der Waals surface area contributed by atoms with Crippen LogP contribution in [0.15, 0.2) is 30.4 Å². The van der Waals surface area contributed by atoms with Crippen molar-refractivity contribution in [2.45, 2.75) is 58.3 Å². The summed E-state index contributed by atoms with van der Waals surface area (Å²) in [6.45, 7) is 7.51. The average molecular weight is 205 g/mol. The molecule has 0 aromatic heterocycles. The van der Waals surface area contributed by atoms with Crippen molar-refractivity contribution in [1.29, 1.82) is 0 Å². The Kier molecular flexibility index (Phi) is 12.5. The second kappa shape index (κ2) is 13.2. The molecule has 0 heterocycles. The van der Waals surface area contributed by atoms with Crippen LogP contribution in [0.5, 0.6) is 0 Å². The third-order valence-corrected chi connectivity index (χ3v) is 2.32. The summed E-state index contributed by atoms with van der Waals surface area (Å²) in [6.07, 6.45) is 20.5. The Morgan fingerprint density at radius 3 is 2.00 bits per heavy atom. The molecule has 1 radical (unpaired) electrons. The molecule has 0 aliphatic rings. The van der Waals surface area contributed by atoms with Crippen molar-refractivity contribution in [2.75, 3.05) is 0 Å². The molecule has 0 atom stereocenters. The first-order valence-corrected chi connectivity index (χ1v) is 6.25. The predicted octanol–water partition coefficient (Wildman–Crippen LogP) is 5.23. The molecule has 15 heavy (non-hydrogen) atoms. The lowest BCUT2D eigenvalue weighted by molar-refractivity contribution is 0.727. The highest BCUT2D eigenvalue weighted by atomic mass is 13.9. The third-order valence-electron chi connectivity index (χ3n) is 2.32. The largest absolute Gasteiger partial charge is 0.0885 e. The molecule has 0 saturated carbocycles. The molecule has 0 amide bonds. The first-order valence-electron chi connectivity index (χ1n) is 6.25. The maximum atomic E-state index is 5.26. The fraction of sp³-hybridized carbons (Fsp3) is 0.600. The van der Waals surface area contributed by atoms with E-state index in [9.17, 15) is 0 Å². The van der Waals surface area contributed by atoms with Crippen LogP contribution in [0.2, 0.25) is 0 Å². The van der Waals surface area contributed by atoms with Crippen molar-refractivity contribution in [2.24, 2.45) is 0 Å². The minimum Gasteiger partial charge on any atom is -0.0885 e. The van der Waals surface area contributed by atoms with Crippen molar-refractivity contribution in [3.8, 4) is 0 Å². The molecule has 0 rings (SSSR count). The fourth-order valence-electron chi connectivity index (χ4n) is 1.39. The van der Waals surface area contributed by atoms with E-state index >= 15 is 0 Å². The van der Waals surface area contributed by atoms with Crippen LogP contribution in [0, 0.1) is 6.58 Å². The molecule has 0 aromatic rings. The lowest BCUT2D eigenvalue weighted by atomic mass is 10.1. The summed E-state index contributed by atoms with van der Waals surface area (Å²) in [6, 6.07) is 0. The van der Waals surface area contributed by atoms with Gasteiger partial charge in [0.05, 0.1) is 0 Å². The number of rotatable bonds is 10. The maximum Gasteiger partial charge on any atom is -0.0166 e. The van der Waals surface area contributed by atoms with Crippen LogP contribution in [-0.2, 0) is 0 Å². The second-order valence-corrected chi connectivity index (χ2v) is 3.84. The van der Waals surface area contributed by atoms with Gasteiger partial charge in [0.1, 0.15) is 0 Å². The molecule has 0 saturated heterocycles. The molecule has 0 spiro atoms. The molecular weight excluding hydrogens is 180 g/mol. The van der Waals surface area contributed by atoms with E-state index in [0.717, 1.165) is 6.42 Å². The Morgan fingerprint density at radius 2 is 1.40 bits per heavy atom. The number of hydrogen-bond acceptors (Lipinski definition) is 0. The van der Waals surface area contributed by atoms with Crippen molar-refractivity contribution < 1.29 is 0 Å². The third kappa shape index (κ3) is 13.2. The van der Waals surface area contributed by atoms with E-state index in [-0.39, 0.29) is 0 Å². The molecule has 0 aliphatic carbocycles. The van der Waals surface area contributed by atoms with Crippen LogP contribution >= 0.6 is 0 Å². The molecule has 0 heteroatoms. The van der Waals surface area contributed by atoms with E-state index in [1.54, 1.807) is 6.08 Å². The number of unbranched alkanes of at least 4 members (excludes halogenated alkanes) is 5. The lowest BCUT2D eigenvalue weighted by Crippen LogP contribution is -1.72. The Morgan fingerprint density at radius 1 is 0.800 bits per heavy atom. The molecule has 0 N–H and O–H groups in total. The zero-order valence-electron chi connectivity index (χ0n) is 10.1. The van der Waals surface area contributed by atoms with Crippen molar-refractivity contribution in [3.05, 3.63) is 37.0 Å². The van der Waals surface area contributed by atoms with E-state index in [2.05, 4.69) is 31.2 Å². The van der Waals surface area contributed by atoms with Crippen LogP contribution in [0.25, 0.3) is 0 Å². The quantitative estimate of drug-likeness (QED) is 0.338. The maximum absolute atomic E-state index is 5.26. The smallest absolute Gasteiger partial charge is 0.0166 e. The monoisotopic (exact) mass is 205 g/mol. The molecule has 0 aliphatic heterocycles. The zero-order valence-corrected chi connectivity index (χ0v) is 10.1. The first kappa shape index (κ1) is 14.2. The van der Waals surface area contributed by atoms with Gasteiger partial charge in [0, 0.05) is 0 Å². The van der Waals surface area contributed by atoms with E-state index < -0.39 is 0 Å². The molecular formula is C15H25. The zero-order chi connectivity index (χ0) is 11.2. The van der Waals surface area contributed by atoms with Crippen molar-refractivity contribution >= 4 is 0 Å². The SMILES string of the molecule is [CH]=CCC=CCCCC=CCCCCC. The van der Waals surface area contributed by atoms with Gasteiger partial charge < -0.3 is 0 Å². The van der Waals surface area contributed by atoms with E-state index in [1.807, 2.05) is 0 Å². The van der Waals surface area contributed by atoms with Gasteiger partial charge in [0.2, 0.25) is 0 Å². The lowest BCUT2D eigenvalue weighted by Gasteiger charge is -1.92. The van der Waals surface area contributed by atoms with Crippen LogP contribution in [0.1, 0.15) is 58.3 Å². The standard InChI is InChI=1S/C15H25/c1-3-5-7-9-11-13-15-14-12-10-8-6-4-2/h1,3,7,9,12,14H,4-6,8,10-11,13,15H2,2H3. The van der Waals surface area contributed by atoms with Crippen LogP contribution in [-0.4, -0.2) is 0 Å². The van der Waals surface area contributed by atoms with E-state index in [4.69, 9.17) is 6.58 Å². The fourth-order valence-corrected chi connectivity index (χ4v) is 1.39. The summed E-state index contributed by atoms with van der Waals surface area (Å²) >= 11 is 0. The van der Waals surface area contributed by atoms with Gasteiger partial charge in [0.25, 0.3) is 0 Å². The Bertz CT molecular complexity index is 174. The molecule has 85 valence electrons. The van der Waals surface area contributed by atoms with Gasteiger partial charge in [-0.2, -0.15) is 0 Å². The average Bonchev–Trinajstić information content (AvgIpc) is 2.26. The normalized spacial score (nSPS) is 11.5. The molecule has 0 aromatic carbocycles.